The van der Waals surface area contributed by atoms with Crippen molar-refractivity contribution < 1.29 is 4.79 Å². The summed E-state index contributed by atoms with van der Waals surface area (Å²) >= 11 is 0. The summed E-state index contributed by atoms with van der Waals surface area (Å²) in [5, 5.41) is 6.52. The lowest BCUT2D eigenvalue weighted by atomic mass is 10.00. The first-order chi connectivity index (χ1) is 8.63. The van der Waals surface area contributed by atoms with Gasteiger partial charge in [0.25, 0.3) is 0 Å². The van der Waals surface area contributed by atoms with E-state index in [4.69, 9.17) is 0 Å². The van der Waals surface area contributed by atoms with Crippen molar-refractivity contribution in [2.24, 2.45) is 0 Å². The molecular formula is C15H23ClN2O. The monoisotopic (exact) mass is 282 g/mol. The molecule has 0 spiro atoms. The number of nitrogens with one attached hydrogen (secondary N) is 2. The molecule has 3 nitrogen and oxygen atoms in total. The smallest absolute Gasteiger partial charge is 0.224 e. The van der Waals surface area contributed by atoms with Crippen molar-refractivity contribution in [3.8, 4) is 0 Å². The number of piperidine rings is 1. The standard InChI is InChI=1S/C15H22N2O.ClH/c1-11-3-5-13(6-4-11)10-15(18)17-14-7-8-16-12(2)9-14;/h3-6,12,14,16H,7-10H2,1-2H3,(H,17,18);1H. The van der Waals surface area contributed by atoms with Crippen LogP contribution in [-0.4, -0.2) is 24.5 Å². The predicted octanol–water partition coefficient (Wildman–Crippen LogP) is 2.22. The molecule has 1 saturated heterocycles. The van der Waals surface area contributed by atoms with Crippen LogP contribution in [0.1, 0.15) is 30.9 Å². The Morgan fingerprint density at radius 3 is 2.68 bits per heavy atom. The highest BCUT2D eigenvalue weighted by atomic mass is 35.5. The third-order valence-electron chi connectivity index (χ3n) is 3.47. The van der Waals surface area contributed by atoms with Gasteiger partial charge in [-0.3, -0.25) is 4.79 Å². The first-order valence-electron chi connectivity index (χ1n) is 6.72. The molecule has 0 aromatic heterocycles. The highest BCUT2D eigenvalue weighted by Crippen LogP contribution is 2.09. The number of hydrogen-bond donors (Lipinski definition) is 2. The molecule has 19 heavy (non-hydrogen) atoms. The third kappa shape index (κ3) is 5.21. The van der Waals surface area contributed by atoms with Crippen molar-refractivity contribution in [3.05, 3.63) is 35.4 Å². The van der Waals surface area contributed by atoms with Crippen LogP contribution in [0.5, 0.6) is 0 Å². The van der Waals surface area contributed by atoms with Gasteiger partial charge in [0.2, 0.25) is 5.91 Å². The predicted molar refractivity (Wildman–Crippen MR) is 80.8 cm³/mol. The van der Waals surface area contributed by atoms with Crippen molar-refractivity contribution in [3.63, 3.8) is 0 Å². The Morgan fingerprint density at radius 1 is 1.37 bits per heavy atom. The number of hydrogen-bond acceptors (Lipinski definition) is 2. The van der Waals surface area contributed by atoms with Gasteiger partial charge in [-0.2, -0.15) is 0 Å². The molecule has 1 heterocycles. The van der Waals surface area contributed by atoms with E-state index in [1.165, 1.54) is 5.56 Å². The molecule has 2 unspecified atom stereocenters. The fourth-order valence-corrected chi connectivity index (χ4v) is 2.43. The Morgan fingerprint density at radius 2 is 2.05 bits per heavy atom. The minimum absolute atomic E-state index is 0. The van der Waals surface area contributed by atoms with Crippen LogP contribution in [0.4, 0.5) is 0 Å². The second-order valence-electron chi connectivity index (χ2n) is 5.31. The van der Waals surface area contributed by atoms with Crippen LogP contribution in [0.25, 0.3) is 0 Å². The van der Waals surface area contributed by atoms with Crippen molar-refractivity contribution in [2.75, 3.05) is 6.54 Å². The fraction of sp³-hybridized carbons (Fsp3) is 0.533. The van der Waals surface area contributed by atoms with Gasteiger partial charge in [0.05, 0.1) is 6.42 Å². The van der Waals surface area contributed by atoms with Crippen molar-refractivity contribution in [1.29, 1.82) is 0 Å². The number of halogens is 1. The van der Waals surface area contributed by atoms with Crippen LogP contribution < -0.4 is 10.6 Å². The average molecular weight is 283 g/mol. The molecule has 1 aliphatic heterocycles. The quantitative estimate of drug-likeness (QED) is 0.893. The van der Waals surface area contributed by atoms with E-state index in [-0.39, 0.29) is 18.3 Å². The topological polar surface area (TPSA) is 41.1 Å². The molecule has 1 amide bonds. The Labute approximate surface area is 121 Å². The zero-order valence-corrected chi connectivity index (χ0v) is 12.4. The summed E-state index contributed by atoms with van der Waals surface area (Å²) in [6.45, 7) is 5.22. The zero-order chi connectivity index (χ0) is 13.0. The highest BCUT2D eigenvalue weighted by Gasteiger charge is 2.19. The Kier molecular flexibility index (Phi) is 6.32. The maximum atomic E-state index is 11.9. The summed E-state index contributed by atoms with van der Waals surface area (Å²) in [5.74, 6) is 0.137. The summed E-state index contributed by atoms with van der Waals surface area (Å²) in [4.78, 5) is 11.9. The Hall–Kier alpha value is -1.06. The van der Waals surface area contributed by atoms with E-state index in [1.807, 2.05) is 12.1 Å². The molecule has 4 heteroatoms. The Balaban J connectivity index is 0.00000180. The molecule has 2 rings (SSSR count). The summed E-state index contributed by atoms with van der Waals surface area (Å²) in [5.41, 5.74) is 2.31. The highest BCUT2D eigenvalue weighted by molar-refractivity contribution is 5.85. The number of carbonyl (C=O) groups excluding carboxylic acids is 1. The number of rotatable bonds is 3. The number of carbonyl (C=O) groups is 1. The number of benzene rings is 1. The minimum atomic E-state index is 0. The lowest BCUT2D eigenvalue weighted by Crippen LogP contribution is -2.46. The van der Waals surface area contributed by atoms with E-state index in [2.05, 4.69) is 36.6 Å². The molecule has 0 aliphatic carbocycles. The summed E-state index contributed by atoms with van der Waals surface area (Å²) in [7, 11) is 0. The van der Waals surface area contributed by atoms with E-state index >= 15 is 0 Å². The van der Waals surface area contributed by atoms with Crippen molar-refractivity contribution in [2.45, 2.75) is 45.2 Å². The van der Waals surface area contributed by atoms with E-state index in [0.717, 1.165) is 24.9 Å². The summed E-state index contributed by atoms with van der Waals surface area (Å²) < 4.78 is 0. The van der Waals surface area contributed by atoms with Gasteiger partial charge in [-0.05, 0) is 38.8 Å². The fourth-order valence-electron chi connectivity index (χ4n) is 2.43. The molecule has 2 N–H and O–H groups in total. The summed E-state index contributed by atoms with van der Waals surface area (Å²) in [6.07, 6.45) is 2.54. The van der Waals surface area contributed by atoms with Gasteiger partial charge in [0.15, 0.2) is 0 Å². The van der Waals surface area contributed by atoms with Crippen LogP contribution in [-0.2, 0) is 11.2 Å². The van der Waals surface area contributed by atoms with Crippen LogP contribution in [0.3, 0.4) is 0 Å². The van der Waals surface area contributed by atoms with E-state index < -0.39 is 0 Å². The number of aryl methyl sites for hydroxylation is 1. The zero-order valence-electron chi connectivity index (χ0n) is 11.6. The second kappa shape index (κ2) is 7.51. The largest absolute Gasteiger partial charge is 0.353 e. The first-order valence-corrected chi connectivity index (χ1v) is 6.72. The van der Waals surface area contributed by atoms with Crippen LogP contribution in [0.15, 0.2) is 24.3 Å². The van der Waals surface area contributed by atoms with Gasteiger partial charge in [-0.1, -0.05) is 29.8 Å². The molecule has 1 aliphatic rings. The second-order valence-corrected chi connectivity index (χ2v) is 5.31. The van der Waals surface area contributed by atoms with Crippen LogP contribution in [0, 0.1) is 6.92 Å². The van der Waals surface area contributed by atoms with Gasteiger partial charge < -0.3 is 10.6 Å². The lowest BCUT2D eigenvalue weighted by Gasteiger charge is -2.28. The SMILES string of the molecule is Cc1ccc(CC(=O)NC2CCNC(C)C2)cc1.Cl. The van der Waals surface area contributed by atoms with Crippen molar-refractivity contribution >= 4 is 18.3 Å². The van der Waals surface area contributed by atoms with Gasteiger partial charge in [0.1, 0.15) is 0 Å². The van der Waals surface area contributed by atoms with Crippen molar-refractivity contribution in [1.82, 2.24) is 10.6 Å². The van der Waals surface area contributed by atoms with E-state index in [1.54, 1.807) is 0 Å². The normalized spacial score (nSPS) is 22.4. The van der Waals surface area contributed by atoms with Gasteiger partial charge >= 0.3 is 0 Å². The lowest BCUT2D eigenvalue weighted by molar-refractivity contribution is -0.121. The third-order valence-corrected chi connectivity index (χ3v) is 3.47. The molecule has 1 aromatic rings. The average Bonchev–Trinajstić information content (AvgIpc) is 2.32. The number of amides is 1. The van der Waals surface area contributed by atoms with E-state index in [9.17, 15) is 4.79 Å². The molecule has 0 bridgehead atoms. The molecule has 1 fully saturated rings. The molecule has 0 radical (unpaired) electrons. The molecule has 106 valence electrons. The van der Waals surface area contributed by atoms with Crippen LogP contribution >= 0.6 is 12.4 Å². The maximum Gasteiger partial charge on any atom is 0.224 e. The minimum Gasteiger partial charge on any atom is -0.353 e. The maximum absolute atomic E-state index is 11.9. The molecule has 2 atom stereocenters. The van der Waals surface area contributed by atoms with Gasteiger partial charge in [-0.15, -0.1) is 12.4 Å². The van der Waals surface area contributed by atoms with Gasteiger partial charge in [0, 0.05) is 12.1 Å². The van der Waals surface area contributed by atoms with E-state index in [0.29, 0.717) is 18.5 Å². The first kappa shape index (κ1) is 16.0. The molecule has 1 aromatic carbocycles. The Bertz CT molecular complexity index is 405. The summed E-state index contributed by atoms with van der Waals surface area (Å²) in [6, 6.07) is 8.99. The van der Waals surface area contributed by atoms with Crippen LogP contribution in [0.2, 0.25) is 0 Å². The van der Waals surface area contributed by atoms with Gasteiger partial charge in [-0.25, -0.2) is 0 Å². The molecule has 0 saturated carbocycles. The molecular weight excluding hydrogens is 260 g/mol.